The summed E-state index contributed by atoms with van der Waals surface area (Å²) in [4.78, 5) is 1.12. The van der Waals surface area contributed by atoms with Gasteiger partial charge in [-0.25, -0.2) is 4.39 Å². The molecule has 3 heteroatoms. The van der Waals surface area contributed by atoms with Crippen molar-refractivity contribution in [2.45, 2.75) is 11.8 Å². The standard InChI is InChI=1S/C10H14FNS/c1-2-12-7-8-13-10-5-3-9(11)4-6-10/h3-6,12H,2,7-8H2,1H3. The van der Waals surface area contributed by atoms with Crippen molar-refractivity contribution in [1.29, 1.82) is 0 Å². The van der Waals surface area contributed by atoms with Gasteiger partial charge in [0.15, 0.2) is 0 Å². The average molecular weight is 199 g/mol. The predicted octanol–water partition coefficient (Wildman–Crippen LogP) is 2.53. The molecule has 1 aromatic rings. The van der Waals surface area contributed by atoms with Crippen molar-refractivity contribution >= 4 is 11.8 Å². The molecule has 1 aromatic carbocycles. The highest BCUT2D eigenvalue weighted by Crippen LogP contribution is 2.16. The van der Waals surface area contributed by atoms with Gasteiger partial charge in [-0.2, -0.15) is 0 Å². The van der Waals surface area contributed by atoms with Gasteiger partial charge in [0.25, 0.3) is 0 Å². The maximum absolute atomic E-state index is 12.5. The van der Waals surface area contributed by atoms with E-state index in [9.17, 15) is 4.39 Å². The summed E-state index contributed by atoms with van der Waals surface area (Å²) < 4.78 is 12.5. The Hall–Kier alpha value is -0.540. The molecule has 0 unspecified atom stereocenters. The van der Waals surface area contributed by atoms with Crippen LogP contribution in [-0.4, -0.2) is 18.8 Å². The Morgan fingerprint density at radius 1 is 1.31 bits per heavy atom. The van der Waals surface area contributed by atoms with Gasteiger partial charge in [0.2, 0.25) is 0 Å². The molecule has 0 atom stereocenters. The first-order valence-corrected chi connectivity index (χ1v) is 5.40. The molecule has 1 N–H and O–H groups in total. The van der Waals surface area contributed by atoms with E-state index in [1.165, 1.54) is 12.1 Å². The van der Waals surface area contributed by atoms with Gasteiger partial charge in [-0.15, -0.1) is 11.8 Å². The minimum atomic E-state index is -0.170. The van der Waals surface area contributed by atoms with E-state index >= 15 is 0 Å². The van der Waals surface area contributed by atoms with Crippen LogP contribution in [0.15, 0.2) is 29.2 Å². The molecule has 13 heavy (non-hydrogen) atoms. The van der Waals surface area contributed by atoms with E-state index in [2.05, 4.69) is 12.2 Å². The van der Waals surface area contributed by atoms with E-state index in [0.717, 1.165) is 23.7 Å². The van der Waals surface area contributed by atoms with Crippen molar-refractivity contribution < 1.29 is 4.39 Å². The van der Waals surface area contributed by atoms with Crippen molar-refractivity contribution in [1.82, 2.24) is 5.32 Å². The first-order chi connectivity index (χ1) is 6.33. The smallest absolute Gasteiger partial charge is 0.123 e. The Bertz CT molecular complexity index is 235. The van der Waals surface area contributed by atoms with E-state index in [1.807, 2.05) is 12.1 Å². The van der Waals surface area contributed by atoms with Crippen LogP contribution < -0.4 is 5.32 Å². The Balaban J connectivity index is 2.25. The summed E-state index contributed by atoms with van der Waals surface area (Å²) in [7, 11) is 0. The largest absolute Gasteiger partial charge is 0.316 e. The number of benzene rings is 1. The predicted molar refractivity (Wildman–Crippen MR) is 55.7 cm³/mol. The van der Waals surface area contributed by atoms with Crippen LogP contribution in [0.1, 0.15) is 6.92 Å². The zero-order chi connectivity index (χ0) is 9.52. The van der Waals surface area contributed by atoms with E-state index in [-0.39, 0.29) is 5.82 Å². The Morgan fingerprint density at radius 3 is 2.62 bits per heavy atom. The number of halogens is 1. The average Bonchev–Trinajstić information content (AvgIpc) is 2.15. The van der Waals surface area contributed by atoms with Gasteiger partial charge >= 0.3 is 0 Å². The fourth-order valence-corrected chi connectivity index (χ4v) is 1.76. The Kier molecular flexibility index (Phi) is 4.86. The molecule has 0 radical (unpaired) electrons. The SMILES string of the molecule is CCNCCSc1ccc(F)cc1. The minimum absolute atomic E-state index is 0.170. The van der Waals surface area contributed by atoms with Gasteiger partial charge in [-0.1, -0.05) is 6.92 Å². The molecule has 0 aliphatic heterocycles. The van der Waals surface area contributed by atoms with E-state index in [1.54, 1.807) is 11.8 Å². The van der Waals surface area contributed by atoms with Crippen molar-refractivity contribution in [2.75, 3.05) is 18.8 Å². The molecule has 1 rings (SSSR count). The van der Waals surface area contributed by atoms with Gasteiger partial charge < -0.3 is 5.32 Å². The molecule has 0 aromatic heterocycles. The molecule has 0 bridgehead atoms. The maximum Gasteiger partial charge on any atom is 0.123 e. The van der Waals surface area contributed by atoms with Crippen molar-refractivity contribution in [3.8, 4) is 0 Å². The number of rotatable bonds is 5. The highest BCUT2D eigenvalue weighted by molar-refractivity contribution is 7.99. The van der Waals surface area contributed by atoms with Crippen LogP contribution in [0.2, 0.25) is 0 Å². The number of hydrogen-bond acceptors (Lipinski definition) is 2. The van der Waals surface area contributed by atoms with Crippen LogP contribution in [0.3, 0.4) is 0 Å². The minimum Gasteiger partial charge on any atom is -0.316 e. The third-order valence-electron chi connectivity index (χ3n) is 1.61. The zero-order valence-electron chi connectivity index (χ0n) is 7.72. The fourth-order valence-electron chi connectivity index (χ4n) is 0.949. The van der Waals surface area contributed by atoms with Gasteiger partial charge in [0.05, 0.1) is 0 Å². The molecule has 0 fully saturated rings. The summed E-state index contributed by atoms with van der Waals surface area (Å²) in [6.45, 7) is 4.09. The molecule has 0 heterocycles. The molecule has 0 aliphatic carbocycles. The quantitative estimate of drug-likeness (QED) is 0.577. The van der Waals surface area contributed by atoms with Gasteiger partial charge in [0, 0.05) is 17.2 Å². The van der Waals surface area contributed by atoms with Crippen molar-refractivity contribution in [2.24, 2.45) is 0 Å². The summed E-state index contributed by atoms with van der Waals surface area (Å²) in [6, 6.07) is 6.61. The highest BCUT2D eigenvalue weighted by Gasteiger charge is 1.93. The molecule has 0 spiro atoms. The lowest BCUT2D eigenvalue weighted by molar-refractivity contribution is 0.626. The molecule has 72 valence electrons. The summed E-state index contributed by atoms with van der Waals surface area (Å²) in [5.41, 5.74) is 0. The van der Waals surface area contributed by atoms with Crippen LogP contribution in [0.5, 0.6) is 0 Å². The van der Waals surface area contributed by atoms with Gasteiger partial charge in [-0.3, -0.25) is 0 Å². The Labute approximate surface area is 82.7 Å². The molecule has 0 amide bonds. The second-order valence-corrected chi connectivity index (χ2v) is 3.82. The molecule has 1 nitrogen and oxygen atoms in total. The summed E-state index contributed by atoms with van der Waals surface area (Å²) in [6.07, 6.45) is 0. The van der Waals surface area contributed by atoms with Crippen LogP contribution in [0, 0.1) is 5.82 Å². The second kappa shape index (κ2) is 6.00. The lowest BCUT2D eigenvalue weighted by atomic mass is 10.4. The molecular weight excluding hydrogens is 185 g/mol. The van der Waals surface area contributed by atoms with Crippen LogP contribution in [-0.2, 0) is 0 Å². The van der Waals surface area contributed by atoms with Crippen LogP contribution in [0.4, 0.5) is 4.39 Å². The normalized spacial score (nSPS) is 10.3. The Morgan fingerprint density at radius 2 is 2.00 bits per heavy atom. The van der Waals surface area contributed by atoms with Crippen molar-refractivity contribution in [3.05, 3.63) is 30.1 Å². The molecule has 0 saturated heterocycles. The van der Waals surface area contributed by atoms with E-state index in [4.69, 9.17) is 0 Å². The fraction of sp³-hybridized carbons (Fsp3) is 0.400. The monoisotopic (exact) mass is 199 g/mol. The number of nitrogens with one attached hydrogen (secondary N) is 1. The topological polar surface area (TPSA) is 12.0 Å². The summed E-state index contributed by atoms with van der Waals surface area (Å²) >= 11 is 1.74. The third kappa shape index (κ3) is 4.29. The summed E-state index contributed by atoms with van der Waals surface area (Å²) in [5.74, 6) is 0.857. The lowest BCUT2D eigenvalue weighted by Crippen LogP contribution is -2.15. The first kappa shape index (κ1) is 10.5. The van der Waals surface area contributed by atoms with Crippen molar-refractivity contribution in [3.63, 3.8) is 0 Å². The molecule has 0 aliphatic rings. The second-order valence-electron chi connectivity index (χ2n) is 2.66. The molecule has 0 saturated carbocycles. The maximum atomic E-state index is 12.5. The summed E-state index contributed by atoms with van der Waals surface area (Å²) in [5, 5.41) is 3.23. The number of thioether (sulfide) groups is 1. The third-order valence-corrected chi connectivity index (χ3v) is 2.62. The van der Waals surface area contributed by atoms with E-state index < -0.39 is 0 Å². The highest BCUT2D eigenvalue weighted by atomic mass is 32.2. The lowest BCUT2D eigenvalue weighted by Gasteiger charge is -2.01. The van der Waals surface area contributed by atoms with E-state index in [0.29, 0.717) is 0 Å². The van der Waals surface area contributed by atoms with Gasteiger partial charge in [-0.05, 0) is 30.8 Å². The zero-order valence-corrected chi connectivity index (χ0v) is 8.53. The first-order valence-electron chi connectivity index (χ1n) is 4.42. The van der Waals surface area contributed by atoms with Crippen LogP contribution >= 0.6 is 11.8 Å². The van der Waals surface area contributed by atoms with Gasteiger partial charge in [0.1, 0.15) is 5.82 Å². The van der Waals surface area contributed by atoms with Crippen LogP contribution in [0.25, 0.3) is 0 Å². The number of hydrogen-bond donors (Lipinski definition) is 1. The molecular formula is C10H14FNS.